The fourth-order valence-corrected chi connectivity index (χ4v) is 7.52. The van der Waals surface area contributed by atoms with Crippen LogP contribution in [0.2, 0.25) is 0 Å². The van der Waals surface area contributed by atoms with Gasteiger partial charge >= 0.3 is 0 Å². The molecule has 8 atom stereocenters. The Morgan fingerprint density at radius 2 is 1.96 bits per heavy atom. The van der Waals surface area contributed by atoms with E-state index in [-0.39, 0.29) is 35.6 Å². The van der Waals surface area contributed by atoms with Crippen LogP contribution in [-0.2, 0) is 4.79 Å². The second-order valence-electron chi connectivity index (χ2n) is 9.17. The predicted molar refractivity (Wildman–Crippen MR) is 91.8 cm³/mol. The highest BCUT2D eigenvalue weighted by Gasteiger charge is 2.65. The molecule has 0 spiro atoms. The minimum absolute atomic E-state index is 0.0445. The molecule has 4 aliphatic carbocycles. The van der Waals surface area contributed by atoms with Gasteiger partial charge in [-0.1, -0.05) is 19.8 Å². The lowest BCUT2D eigenvalue weighted by molar-refractivity contribution is -0.190. The van der Waals surface area contributed by atoms with E-state index >= 15 is 0 Å². The maximum absolute atomic E-state index is 12.6. The number of nitrogens with one attached hydrogen (secondary N) is 1. The molecule has 0 aromatic rings. The number of carbonyl (C=O) groups is 1. The van der Waals surface area contributed by atoms with Crippen LogP contribution < -0.4 is 0 Å². The quantitative estimate of drug-likeness (QED) is 0.680. The van der Waals surface area contributed by atoms with Crippen LogP contribution in [0.25, 0.3) is 0 Å². The number of Topliss-reactive ketones (excluding diaryl/α,β-unsaturated/α-hetero) is 1. The van der Waals surface area contributed by atoms with Gasteiger partial charge in [-0.25, -0.2) is 0 Å². The number of aliphatic hydroxyl groups is 2. The largest absolute Gasteiger partial charge is 0.396 e. The minimum atomic E-state index is -0.625. The fourth-order valence-electron chi connectivity index (χ4n) is 7.52. The van der Waals surface area contributed by atoms with Crippen LogP contribution in [0.15, 0.2) is 0 Å². The number of ketones is 1. The van der Waals surface area contributed by atoms with Gasteiger partial charge in [0.2, 0.25) is 0 Å². The summed E-state index contributed by atoms with van der Waals surface area (Å²) in [5, 5.41) is 29.2. The van der Waals surface area contributed by atoms with Crippen molar-refractivity contribution < 1.29 is 15.0 Å². The molecule has 0 aliphatic heterocycles. The van der Waals surface area contributed by atoms with Crippen molar-refractivity contribution >= 4 is 12.0 Å². The van der Waals surface area contributed by atoms with Crippen LogP contribution in [0.5, 0.6) is 0 Å². The van der Waals surface area contributed by atoms with Crippen molar-refractivity contribution in [3.05, 3.63) is 0 Å². The summed E-state index contributed by atoms with van der Waals surface area (Å²) in [6.45, 7) is 2.43. The lowest BCUT2D eigenvalue weighted by atomic mass is 9.42. The molecule has 0 saturated heterocycles. The van der Waals surface area contributed by atoms with Crippen molar-refractivity contribution in [2.75, 3.05) is 6.61 Å². The number of fused-ring (bicyclic) bond motifs is 5. The Hall–Kier alpha value is -0.740. The van der Waals surface area contributed by atoms with E-state index in [0.29, 0.717) is 18.3 Å². The molecule has 24 heavy (non-hydrogen) atoms. The number of aliphatic hydroxyl groups excluding tert-OH is 2. The van der Waals surface area contributed by atoms with Gasteiger partial charge in [-0.15, -0.1) is 0 Å². The second-order valence-corrected chi connectivity index (χ2v) is 9.17. The van der Waals surface area contributed by atoms with Crippen molar-refractivity contribution in [1.29, 1.82) is 5.41 Å². The third-order valence-corrected chi connectivity index (χ3v) is 8.65. The number of rotatable bonds is 2. The van der Waals surface area contributed by atoms with Crippen molar-refractivity contribution in [2.24, 2.45) is 40.4 Å². The van der Waals surface area contributed by atoms with Crippen molar-refractivity contribution in [2.45, 2.75) is 64.4 Å². The van der Waals surface area contributed by atoms with E-state index in [1.807, 2.05) is 0 Å². The Morgan fingerprint density at radius 3 is 2.67 bits per heavy atom. The average Bonchev–Trinajstić information content (AvgIpc) is 2.93. The Labute approximate surface area is 144 Å². The Bertz CT molecular complexity index is 549. The first-order valence-electron chi connectivity index (χ1n) is 9.83. The zero-order valence-electron chi connectivity index (χ0n) is 14.7. The molecule has 1 unspecified atom stereocenters. The number of carbonyl (C=O) groups excluding carboxylic acids is 1. The summed E-state index contributed by atoms with van der Waals surface area (Å²) in [6, 6.07) is 0. The molecule has 3 N–H and O–H groups in total. The number of hydrogen-bond donors (Lipinski definition) is 3. The molecule has 4 saturated carbocycles. The molecule has 4 heteroatoms. The average molecular weight is 333 g/mol. The molecule has 4 aliphatic rings. The van der Waals surface area contributed by atoms with E-state index in [2.05, 4.69) is 6.92 Å². The molecular weight excluding hydrogens is 302 g/mol. The zero-order valence-corrected chi connectivity index (χ0v) is 14.7. The summed E-state index contributed by atoms with van der Waals surface area (Å²) in [5.74, 6) is 1.16. The van der Waals surface area contributed by atoms with Gasteiger partial charge in [0.1, 0.15) is 5.78 Å². The van der Waals surface area contributed by atoms with E-state index in [0.717, 1.165) is 25.7 Å². The zero-order chi connectivity index (χ0) is 17.1. The molecule has 0 radical (unpaired) electrons. The normalized spacial score (nSPS) is 53.9. The Kier molecular flexibility index (Phi) is 3.92. The van der Waals surface area contributed by atoms with Crippen LogP contribution in [0.4, 0.5) is 0 Å². The summed E-state index contributed by atoms with van der Waals surface area (Å²) in [7, 11) is 0. The molecule has 0 bridgehead atoms. The summed E-state index contributed by atoms with van der Waals surface area (Å²) in [5.41, 5.74) is -0.449. The molecule has 4 nitrogen and oxygen atoms in total. The van der Waals surface area contributed by atoms with Crippen LogP contribution >= 0.6 is 0 Å². The smallest absolute Gasteiger partial charge is 0.144 e. The fraction of sp³-hybridized carbons (Fsp3) is 0.900. The summed E-state index contributed by atoms with van der Waals surface area (Å²) in [6.07, 6.45) is 8.72. The first-order chi connectivity index (χ1) is 11.5. The highest BCUT2D eigenvalue weighted by molar-refractivity contribution is 6.01. The first-order valence-corrected chi connectivity index (χ1v) is 9.83. The van der Waals surface area contributed by atoms with Crippen LogP contribution in [0, 0.1) is 45.8 Å². The monoisotopic (exact) mass is 333 g/mol. The molecule has 0 aromatic carbocycles. The van der Waals surface area contributed by atoms with Gasteiger partial charge in [0.15, 0.2) is 0 Å². The molecule has 0 heterocycles. The summed E-state index contributed by atoms with van der Waals surface area (Å²) < 4.78 is 0. The lowest BCUT2D eigenvalue weighted by Gasteiger charge is -2.63. The van der Waals surface area contributed by atoms with Gasteiger partial charge in [0.25, 0.3) is 0 Å². The van der Waals surface area contributed by atoms with Crippen molar-refractivity contribution in [3.63, 3.8) is 0 Å². The van der Waals surface area contributed by atoms with Gasteiger partial charge in [-0.3, -0.25) is 4.79 Å². The van der Waals surface area contributed by atoms with Crippen molar-refractivity contribution in [1.82, 2.24) is 0 Å². The van der Waals surface area contributed by atoms with Crippen LogP contribution in [0.3, 0.4) is 0 Å². The summed E-state index contributed by atoms with van der Waals surface area (Å²) in [4.78, 5) is 12.6. The van der Waals surface area contributed by atoms with Crippen LogP contribution in [-0.4, -0.2) is 34.9 Å². The minimum Gasteiger partial charge on any atom is -0.396 e. The van der Waals surface area contributed by atoms with Gasteiger partial charge in [-0.05, 0) is 61.2 Å². The number of hydrogen-bond acceptors (Lipinski definition) is 4. The lowest BCUT2D eigenvalue weighted by Crippen LogP contribution is -2.62. The maximum atomic E-state index is 12.6. The standard InChI is InChI=1S/C20H31NO3/c1-19-8-3-2-4-13(19)12(10-22)18(24)17-14(19)7-9-20(11-21)15(17)5-6-16(20)23/h11-15,17-18,21-22,24H,2-10H2,1H3/t12-,13?,14+,15+,17-,18-,19+,20-/m1/s1. The van der Waals surface area contributed by atoms with E-state index in [1.165, 1.54) is 25.5 Å². The highest BCUT2D eigenvalue weighted by atomic mass is 16.3. The van der Waals surface area contributed by atoms with Crippen LogP contribution in [0.1, 0.15) is 58.3 Å². The Morgan fingerprint density at radius 1 is 1.17 bits per heavy atom. The SMILES string of the molecule is C[C@]12CCCCC1[C@@H](CO)[C@@H](O)[C@@H]1[C@@H]2CC[C@]2(C=N)C(=O)CC[C@@H]12. The Balaban J connectivity index is 1.77. The van der Waals surface area contributed by atoms with E-state index in [9.17, 15) is 15.0 Å². The molecule has 0 aromatic heterocycles. The molecule has 0 amide bonds. The second kappa shape index (κ2) is 5.63. The van der Waals surface area contributed by atoms with Gasteiger partial charge in [0.05, 0.1) is 11.5 Å². The van der Waals surface area contributed by atoms with Gasteiger partial charge < -0.3 is 15.6 Å². The third-order valence-electron chi connectivity index (χ3n) is 8.65. The summed E-state index contributed by atoms with van der Waals surface area (Å²) >= 11 is 0. The van der Waals surface area contributed by atoms with Gasteiger partial charge in [-0.2, -0.15) is 0 Å². The van der Waals surface area contributed by atoms with E-state index in [4.69, 9.17) is 5.41 Å². The first kappa shape index (κ1) is 16.7. The maximum Gasteiger partial charge on any atom is 0.144 e. The molecule has 4 rings (SSSR count). The highest BCUT2D eigenvalue weighted by Crippen LogP contribution is 2.66. The van der Waals surface area contributed by atoms with E-state index in [1.54, 1.807) is 0 Å². The molecule has 134 valence electrons. The topological polar surface area (TPSA) is 81.4 Å². The van der Waals surface area contributed by atoms with Crippen molar-refractivity contribution in [3.8, 4) is 0 Å². The molecular formula is C20H31NO3. The van der Waals surface area contributed by atoms with E-state index < -0.39 is 11.5 Å². The van der Waals surface area contributed by atoms with Gasteiger partial charge in [0, 0.05) is 25.2 Å². The predicted octanol–water partition coefficient (Wildman–Crippen LogP) is 2.81. The third kappa shape index (κ3) is 1.93. The molecule has 4 fully saturated rings.